The van der Waals surface area contributed by atoms with Crippen LogP contribution in [-0.4, -0.2) is 23.3 Å². The molecule has 1 saturated heterocycles. The van der Waals surface area contributed by atoms with Crippen LogP contribution in [0.1, 0.15) is 18.4 Å². The van der Waals surface area contributed by atoms with Gasteiger partial charge in [-0.05, 0) is 0 Å². The van der Waals surface area contributed by atoms with Crippen LogP contribution in [0, 0.1) is 0 Å². The Kier molecular flexibility index (Phi) is 6.99. The van der Waals surface area contributed by atoms with Gasteiger partial charge in [0, 0.05) is 19.4 Å². The number of likely N-dealkylation sites (tertiary alicyclic amines) is 1. The van der Waals surface area contributed by atoms with Gasteiger partial charge in [-0.25, -0.2) is 18.2 Å². The Labute approximate surface area is 129 Å². The third kappa shape index (κ3) is 4.80. The van der Waals surface area contributed by atoms with Crippen molar-refractivity contribution in [2.24, 2.45) is 0 Å². The molecular weight excluding hydrogens is 294 g/mol. The van der Waals surface area contributed by atoms with Gasteiger partial charge in [0.1, 0.15) is 0 Å². The van der Waals surface area contributed by atoms with Crippen molar-refractivity contribution in [2.75, 3.05) is 6.54 Å². The first-order valence-corrected chi connectivity index (χ1v) is 6.48. The van der Waals surface area contributed by atoms with Crippen LogP contribution in [0.25, 0.3) is 0 Å². The first kappa shape index (κ1) is 16.4. The van der Waals surface area contributed by atoms with Crippen molar-refractivity contribution in [2.45, 2.75) is 19.3 Å². The van der Waals surface area contributed by atoms with Crippen molar-refractivity contribution in [3.8, 4) is 0 Å². The molecule has 1 fully saturated rings. The normalized spacial score (nSPS) is 13.7. The van der Waals surface area contributed by atoms with Gasteiger partial charge < -0.3 is 0 Å². The second-order valence-electron chi connectivity index (χ2n) is 4.44. The van der Waals surface area contributed by atoms with Crippen LogP contribution in [0.3, 0.4) is 0 Å². The predicted molar refractivity (Wildman–Crippen MR) is 73.7 cm³/mol. The second-order valence-corrected chi connectivity index (χ2v) is 4.44. The molecule has 0 spiro atoms. The minimum absolute atomic E-state index is 0. The summed E-state index contributed by atoms with van der Waals surface area (Å²) in [6, 6.07) is 17.9. The summed E-state index contributed by atoms with van der Waals surface area (Å²) in [5.74, 6) is -0.0527. The van der Waals surface area contributed by atoms with Crippen LogP contribution < -0.4 is 0 Å². The minimum atomic E-state index is -0.0263. The Hall–Kier alpha value is -1.64. The van der Waals surface area contributed by atoms with Crippen molar-refractivity contribution < 1.29 is 26.7 Å². The molecule has 0 aliphatic carbocycles. The van der Waals surface area contributed by atoms with E-state index in [9.17, 15) is 9.59 Å². The molecule has 1 aliphatic heterocycles. The van der Waals surface area contributed by atoms with E-state index in [0.29, 0.717) is 19.4 Å². The number of imide groups is 1. The Bertz CT molecular complexity index is 469. The number of amides is 2. The van der Waals surface area contributed by atoms with Crippen molar-refractivity contribution in [1.82, 2.24) is 4.90 Å². The number of carbonyl (C=O) groups excluding carboxylic acids is 2. The quantitative estimate of drug-likeness (QED) is 0.496. The first-order chi connectivity index (χ1) is 9.27. The van der Waals surface area contributed by atoms with Crippen molar-refractivity contribution >= 4 is 11.8 Å². The van der Waals surface area contributed by atoms with Crippen molar-refractivity contribution in [3.63, 3.8) is 0 Å². The molecule has 3 rings (SSSR count). The van der Waals surface area contributed by atoms with E-state index >= 15 is 0 Å². The largest absolute Gasteiger partial charge is 2.00 e. The Balaban J connectivity index is 0.000000283. The molecule has 0 unspecified atom stereocenters. The standard InChI is InChI=1S/C11H12NO2.C5H5.Fe/c13-10-5-6-11(14)12(10)8-7-9-3-1-2-4-9;1-2-4-5-3-1;/h1-4H,5-8H2;1-5H;/q2*-1;+2. The van der Waals surface area contributed by atoms with Gasteiger partial charge in [-0.2, -0.15) is 42.0 Å². The number of hydrogen-bond acceptors (Lipinski definition) is 2. The third-order valence-electron chi connectivity index (χ3n) is 3.07. The topological polar surface area (TPSA) is 37.4 Å². The molecule has 0 aromatic heterocycles. The number of carbonyl (C=O) groups is 2. The van der Waals surface area contributed by atoms with Crippen molar-refractivity contribution in [3.05, 3.63) is 60.2 Å². The molecule has 4 heteroatoms. The fraction of sp³-hybridized carbons (Fsp3) is 0.250. The summed E-state index contributed by atoms with van der Waals surface area (Å²) in [4.78, 5) is 23.9. The van der Waals surface area contributed by atoms with E-state index in [4.69, 9.17) is 0 Å². The SMILES string of the molecule is O=C1CCC(=O)N1CCc1cc[cH-]c1.[Fe+2].c1cc[cH-]c1. The van der Waals surface area contributed by atoms with Gasteiger partial charge in [0.05, 0.1) is 0 Å². The zero-order chi connectivity index (χ0) is 13.5. The fourth-order valence-electron chi connectivity index (χ4n) is 2.01. The molecule has 1 aliphatic rings. The van der Waals surface area contributed by atoms with Gasteiger partial charge in [0.2, 0.25) is 11.8 Å². The summed E-state index contributed by atoms with van der Waals surface area (Å²) < 4.78 is 0. The van der Waals surface area contributed by atoms with Crippen LogP contribution in [-0.2, 0) is 33.1 Å². The monoisotopic (exact) mass is 311 g/mol. The predicted octanol–water partition coefficient (Wildman–Crippen LogP) is 2.50. The first-order valence-electron chi connectivity index (χ1n) is 6.48. The van der Waals surface area contributed by atoms with E-state index in [1.807, 2.05) is 54.6 Å². The minimum Gasteiger partial charge on any atom is -0.283 e. The smallest absolute Gasteiger partial charge is 0.283 e. The van der Waals surface area contributed by atoms with Gasteiger partial charge in [-0.15, -0.1) is 0 Å². The van der Waals surface area contributed by atoms with Crippen LogP contribution in [0.5, 0.6) is 0 Å². The molecule has 0 saturated carbocycles. The molecule has 106 valence electrons. The molecule has 20 heavy (non-hydrogen) atoms. The van der Waals surface area contributed by atoms with Gasteiger partial charge in [0.15, 0.2) is 0 Å². The Morgan fingerprint density at radius 1 is 1.00 bits per heavy atom. The average molecular weight is 311 g/mol. The van der Waals surface area contributed by atoms with Gasteiger partial charge in [0.25, 0.3) is 0 Å². The fourth-order valence-corrected chi connectivity index (χ4v) is 2.01. The number of rotatable bonds is 3. The van der Waals surface area contributed by atoms with Crippen molar-refractivity contribution in [1.29, 1.82) is 0 Å². The molecule has 2 aromatic rings. The van der Waals surface area contributed by atoms with E-state index < -0.39 is 0 Å². The molecular formula is C16H17FeNO2. The summed E-state index contributed by atoms with van der Waals surface area (Å²) >= 11 is 0. The van der Waals surface area contributed by atoms with E-state index in [1.54, 1.807) is 0 Å². The molecule has 0 atom stereocenters. The van der Waals surface area contributed by atoms with Crippen LogP contribution in [0.4, 0.5) is 0 Å². The Morgan fingerprint density at radius 3 is 2.10 bits per heavy atom. The summed E-state index contributed by atoms with van der Waals surface area (Å²) in [7, 11) is 0. The van der Waals surface area contributed by atoms with E-state index in [2.05, 4.69) is 0 Å². The third-order valence-corrected chi connectivity index (χ3v) is 3.07. The molecule has 3 nitrogen and oxygen atoms in total. The van der Waals surface area contributed by atoms with Crippen LogP contribution >= 0.6 is 0 Å². The van der Waals surface area contributed by atoms with Gasteiger partial charge in [-0.1, -0.05) is 6.42 Å². The molecule has 0 N–H and O–H groups in total. The van der Waals surface area contributed by atoms with Gasteiger partial charge >= 0.3 is 17.1 Å². The second kappa shape index (κ2) is 8.51. The molecule has 1 heterocycles. The molecule has 0 bridgehead atoms. The molecule has 2 aromatic carbocycles. The maximum absolute atomic E-state index is 11.2. The zero-order valence-corrected chi connectivity index (χ0v) is 12.2. The zero-order valence-electron chi connectivity index (χ0n) is 11.1. The summed E-state index contributed by atoms with van der Waals surface area (Å²) in [5, 5.41) is 0. The maximum atomic E-state index is 11.2. The summed E-state index contributed by atoms with van der Waals surface area (Å²) in [6.45, 7) is 0.529. The van der Waals surface area contributed by atoms with E-state index in [-0.39, 0.29) is 28.9 Å². The summed E-state index contributed by atoms with van der Waals surface area (Å²) in [6.07, 6.45) is 1.55. The number of hydrogen-bond donors (Lipinski definition) is 0. The maximum Gasteiger partial charge on any atom is 2.00 e. The van der Waals surface area contributed by atoms with E-state index in [1.165, 1.54) is 10.5 Å². The van der Waals surface area contributed by atoms with E-state index in [0.717, 1.165) is 6.42 Å². The summed E-state index contributed by atoms with van der Waals surface area (Å²) in [5.41, 5.74) is 1.18. The molecule has 0 radical (unpaired) electrons. The number of nitrogens with zero attached hydrogens (tertiary/aromatic N) is 1. The van der Waals surface area contributed by atoms with Crippen LogP contribution in [0.15, 0.2) is 54.6 Å². The average Bonchev–Trinajstić information content (AvgIpc) is 3.13. The Morgan fingerprint density at radius 2 is 1.65 bits per heavy atom. The van der Waals surface area contributed by atoms with Crippen LogP contribution in [0.2, 0.25) is 0 Å². The molecule has 2 amide bonds. The van der Waals surface area contributed by atoms with Gasteiger partial charge in [-0.3, -0.25) is 14.5 Å².